The van der Waals surface area contributed by atoms with E-state index in [1.165, 1.54) is 6.08 Å². The molecule has 1 aromatic carbocycles. The predicted octanol–water partition coefficient (Wildman–Crippen LogP) is 2.84. The maximum Gasteiger partial charge on any atom is 0.244 e. The second-order valence-corrected chi connectivity index (χ2v) is 4.58. The van der Waals surface area contributed by atoms with Gasteiger partial charge in [-0.2, -0.15) is 5.26 Å². The number of nitriles is 1. The van der Waals surface area contributed by atoms with Crippen LogP contribution in [0.2, 0.25) is 0 Å². The number of carbonyl (C=O) groups is 1. The van der Waals surface area contributed by atoms with Gasteiger partial charge in [-0.15, -0.1) is 0 Å². The van der Waals surface area contributed by atoms with Gasteiger partial charge in [-0.25, -0.2) is 0 Å². The zero-order valence-corrected chi connectivity index (χ0v) is 11.7. The Morgan fingerprint density at radius 3 is 2.71 bits per heavy atom. The number of carbonyl (C=O) groups excluding carboxylic acids is 1. The van der Waals surface area contributed by atoms with E-state index in [0.29, 0.717) is 5.56 Å². The van der Waals surface area contributed by atoms with E-state index < -0.39 is 0 Å². The van der Waals surface area contributed by atoms with E-state index in [1.54, 1.807) is 30.6 Å². The van der Waals surface area contributed by atoms with Gasteiger partial charge in [0.1, 0.15) is 0 Å². The van der Waals surface area contributed by atoms with Gasteiger partial charge < -0.3 is 5.32 Å². The van der Waals surface area contributed by atoms with Crippen LogP contribution in [0.15, 0.2) is 54.9 Å². The molecule has 1 heterocycles. The quantitative estimate of drug-likeness (QED) is 0.874. The average Bonchev–Trinajstić information content (AvgIpc) is 2.54. The van der Waals surface area contributed by atoms with E-state index in [0.717, 1.165) is 11.1 Å². The lowest BCUT2D eigenvalue weighted by Crippen LogP contribution is -2.24. The van der Waals surface area contributed by atoms with Gasteiger partial charge in [0.2, 0.25) is 5.91 Å². The maximum absolute atomic E-state index is 11.9. The van der Waals surface area contributed by atoms with E-state index in [9.17, 15) is 4.79 Å². The van der Waals surface area contributed by atoms with Gasteiger partial charge in [0.25, 0.3) is 0 Å². The highest BCUT2D eigenvalue weighted by Crippen LogP contribution is 2.13. The molecule has 4 nitrogen and oxygen atoms in total. The highest BCUT2D eigenvalue weighted by Gasteiger charge is 2.07. The lowest BCUT2D eigenvalue weighted by atomic mass is 10.1. The lowest BCUT2D eigenvalue weighted by Gasteiger charge is -2.12. The summed E-state index contributed by atoms with van der Waals surface area (Å²) in [5.74, 6) is -0.171. The summed E-state index contributed by atoms with van der Waals surface area (Å²) in [4.78, 5) is 15.8. The van der Waals surface area contributed by atoms with Crippen LogP contribution < -0.4 is 5.32 Å². The number of benzene rings is 1. The van der Waals surface area contributed by atoms with E-state index in [2.05, 4.69) is 16.4 Å². The number of rotatable bonds is 4. The van der Waals surface area contributed by atoms with Gasteiger partial charge in [-0.3, -0.25) is 9.78 Å². The molecule has 0 fully saturated rings. The fourth-order valence-corrected chi connectivity index (χ4v) is 1.84. The lowest BCUT2D eigenvalue weighted by molar-refractivity contribution is -0.117. The van der Waals surface area contributed by atoms with Crippen molar-refractivity contribution in [2.75, 3.05) is 0 Å². The summed E-state index contributed by atoms with van der Waals surface area (Å²) in [6.45, 7) is 1.90. The van der Waals surface area contributed by atoms with Crippen molar-refractivity contribution >= 4 is 12.0 Å². The van der Waals surface area contributed by atoms with Crippen molar-refractivity contribution < 1.29 is 4.79 Å². The first-order chi connectivity index (χ1) is 10.2. The minimum absolute atomic E-state index is 0.121. The molecule has 0 spiro atoms. The monoisotopic (exact) mass is 277 g/mol. The molecule has 1 unspecified atom stereocenters. The van der Waals surface area contributed by atoms with Crippen LogP contribution in [0.5, 0.6) is 0 Å². The third-order valence-electron chi connectivity index (χ3n) is 3.01. The standard InChI is InChI=1S/C17H15N3O/c1-13(16-7-4-14(11-18)5-8-16)20-17(21)9-6-15-3-2-10-19-12-15/h2-10,12-13H,1H3,(H,20,21)/b9-6+. The van der Waals surface area contributed by atoms with E-state index in [4.69, 9.17) is 5.26 Å². The second-order valence-electron chi connectivity index (χ2n) is 4.58. The van der Waals surface area contributed by atoms with Crippen LogP contribution >= 0.6 is 0 Å². The maximum atomic E-state index is 11.9. The molecule has 0 aliphatic heterocycles. The second kappa shape index (κ2) is 7.01. The number of aromatic nitrogens is 1. The summed E-state index contributed by atoms with van der Waals surface area (Å²) in [6.07, 6.45) is 6.57. The predicted molar refractivity (Wildman–Crippen MR) is 81.0 cm³/mol. The first-order valence-corrected chi connectivity index (χ1v) is 6.57. The molecule has 0 saturated carbocycles. The molecule has 21 heavy (non-hydrogen) atoms. The van der Waals surface area contributed by atoms with Crippen LogP contribution in [-0.2, 0) is 4.79 Å². The van der Waals surface area contributed by atoms with Crippen LogP contribution in [0.3, 0.4) is 0 Å². The van der Waals surface area contributed by atoms with Gasteiger partial charge in [0.05, 0.1) is 17.7 Å². The van der Waals surface area contributed by atoms with Gasteiger partial charge in [-0.05, 0) is 42.3 Å². The van der Waals surface area contributed by atoms with Crippen LogP contribution in [0.1, 0.15) is 29.7 Å². The first-order valence-electron chi connectivity index (χ1n) is 6.57. The number of nitrogens with zero attached hydrogens (tertiary/aromatic N) is 2. The van der Waals surface area contributed by atoms with Gasteiger partial charge >= 0.3 is 0 Å². The Bertz CT molecular complexity index is 669. The molecule has 2 rings (SSSR count). The van der Waals surface area contributed by atoms with Crippen molar-refractivity contribution in [3.05, 3.63) is 71.6 Å². The SMILES string of the molecule is CC(NC(=O)/C=C/c1cccnc1)c1ccc(C#N)cc1. The third-order valence-corrected chi connectivity index (χ3v) is 3.01. The summed E-state index contributed by atoms with van der Waals surface area (Å²) in [5, 5.41) is 11.6. The molecule has 2 aromatic rings. The van der Waals surface area contributed by atoms with E-state index >= 15 is 0 Å². The molecule has 0 bridgehead atoms. The normalized spacial score (nSPS) is 11.8. The summed E-state index contributed by atoms with van der Waals surface area (Å²) in [5.41, 5.74) is 2.43. The third kappa shape index (κ3) is 4.29. The number of nitrogens with one attached hydrogen (secondary N) is 1. The molecule has 104 valence electrons. The molecular weight excluding hydrogens is 262 g/mol. The number of amides is 1. The van der Waals surface area contributed by atoms with Gasteiger partial charge in [-0.1, -0.05) is 18.2 Å². The Labute approximate surface area is 123 Å². The minimum Gasteiger partial charge on any atom is -0.346 e. The van der Waals surface area contributed by atoms with Crippen LogP contribution in [0, 0.1) is 11.3 Å². The van der Waals surface area contributed by atoms with E-state index in [-0.39, 0.29) is 11.9 Å². The smallest absolute Gasteiger partial charge is 0.244 e. The zero-order chi connectivity index (χ0) is 15.1. The van der Waals surface area contributed by atoms with Crippen molar-refractivity contribution in [1.29, 1.82) is 5.26 Å². The molecule has 1 amide bonds. The Balaban J connectivity index is 1.95. The Morgan fingerprint density at radius 2 is 2.10 bits per heavy atom. The van der Waals surface area contributed by atoms with Gasteiger partial charge in [0, 0.05) is 18.5 Å². The van der Waals surface area contributed by atoms with Crippen molar-refractivity contribution in [1.82, 2.24) is 10.3 Å². The number of pyridine rings is 1. The molecule has 1 aromatic heterocycles. The highest BCUT2D eigenvalue weighted by molar-refractivity contribution is 5.91. The topological polar surface area (TPSA) is 65.8 Å². The van der Waals surface area contributed by atoms with Crippen molar-refractivity contribution in [3.63, 3.8) is 0 Å². The molecule has 0 saturated heterocycles. The van der Waals surface area contributed by atoms with E-state index in [1.807, 2.05) is 31.2 Å². The molecular formula is C17H15N3O. The summed E-state index contributed by atoms with van der Waals surface area (Å²) < 4.78 is 0. The molecule has 1 atom stereocenters. The van der Waals surface area contributed by atoms with Gasteiger partial charge in [0.15, 0.2) is 0 Å². The van der Waals surface area contributed by atoms with Crippen LogP contribution in [-0.4, -0.2) is 10.9 Å². The summed E-state index contributed by atoms with van der Waals surface area (Å²) in [7, 11) is 0. The zero-order valence-electron chi connectivity index (χ0n) is 11.7. The van der Waals surface area contributed by atoms with Crippen LogP contribution in [0.25, 0.3) is 6.08 Å². The minimum atomic E-state index is -0.171. The van der Waals surface area contributed by atoms with Crippen LogP contribution in [0.4, 0.5) is 0 Å². The molecule has 0 aliphatic rings. The molecule has 1 N–H and O–H groups in total. The molecule has 4 heteroatoms. The van der Waals surface area contributed by atoms with Crippen molar-refractivity contribution in [3.8, 4) is 6.07 Å². The van der Waals surface area contributed by atoms with Crippen molar-refractivity contribution in [2.24, 2.45) is 0 Å². The average molecular weight is 277 g/mol. The highest BCUT2D eigenvalue weighted by atomic mass is 16.1. The summed E-state index contributed by atoms with van der Waals surface area (Å²) in [6, 6.07) is 12.8. The Kier molecular flexibility index (Phi) is 4.84. The number of hydrogen-bond donors (Lipinski definition) is 1. The fourth-order valence-electron chi connectivity index (χ4n) is 1.84. The molecule has 0 radical (unpaired) electrons. The summed E-state index contributed by atoms with van der Waals surface area (Å²) >= 11 is 0. The molecule has 0 aliphatic carbocycles. The number of hydrogen-bond acceptors (Lipinski definition) is 3. The Morgan fingerprint density at radius 1 is 1.33 bits per heavy atom. The Hall–Kier alpha value is -2.93. The van der Waals surface area contributed by atoms with Crippen molar-refractivity contribution in [2.45, 2.75) is 13.0 Å². The first kappa shape index (κ1) is 14.5. The fraction of sp³-hybridized carbons (Fsp3) is 0.118. The largest absolute Gasteiger partial charge is 0.346 e.